The molecule has 0 fully saturated rings. The quantitative estimate of drug-likeness (QED) is 0.599. The summed E-state index contributed by atoms with van der Waals surface area (Å²) in [6, 6.07) is 13.0. The largest absolute Gasteiger partial charge is 0.496 e. The van der Waals surface area contributed by atoms with Crippen molar-refractivity contribution in [2.75, 3.05) is 12.4 Å². The van der Waals surface area contributed by atoms with Gasteiger partial charge in [0, 0.05) is 18.4 Å². The van der Waals surface area contributed by atoms with Crippen molar-refractivity contribution in [1.82, 2.24) is 5.43 Å². The van der Waals surface area contributed by atoms with Gasteiger partial charge in [0.25, 0.3) is 0 Å². The van der Waals surface area contributed by atoms with Crippen LogP contribution in [-0.2, 0) is 9.59 Å². The maximum absolute atomic E-state index is 13.4. The van der Waals surface area contributed by atoms with Crippen molar-refractivity contribution < 1.29 is 18.7 Å². The van der Waals surface area contributed by atoms with E-state index in [2.05, 4.69) is 15.8 Å². The van der Waals surface area contributed by atoms with E-state index in [-0.39, 0.29) is 18.5 Å². The summed E-state index contributed by atoms with van der Waals surface area (Å²) in [5, 5.41) is 6.24. The molecule has 0 aliphatic rings. The first-order valence-corrected chi connectivity index (χ1v) is 7.59. The first-order valence-electron chi connectivity index (χ1n) is 7.59. The third kappa shape index (κ3) is 5.72. The molecule has 7 heteroatoms. The highest BCUT2D eigenvalue weighted by molar-refractivity contribution is 5.93. The lowest BCUT2D eigenvalue weighted by Gasteiger charge is -2.06. The average Bonchev–Trinajstić information content (AvgIpc) is 2.62. The lowest BCUT2D eigenvalue weighted by atomic mass is 10.2. The minimum Gasteiger partial charge on any atom is -0.496 e. The van der Waals surface area contributed by atoms with Crippen LogP contribution in [0, 0.1) is 5.82 Å². The van der Waals surface area contributed by atoms with Gasteiger partial charge >= 0.3 is 0 Å². The molecule has 2 aromatic carbocycles. The second kappa shape index (κ2) is 9.17. The summed E-state index contributed by atoms with van der Waals surface area (Å²) in [6.45, 7) is 0. The fourth-order valence-electron chi connectivity index (χ4n) is 2.01. The highest BCUT2D eigenvalue weighted by Crippen LogP contribution is 2.14. The van der Waals surface area contributed by atoms with Crippen LogP contribution in [0.5, 0.6) is 5.75 Å². The van der Waals surface area contributed by atoms with Crippen molar-refractivity contribution in [3.05, 3.63) is 59.9 Å². The lowest BCUT2D eigenvalue weighted by molar-refractivity contribution is -0.124. The Hall–Kier alpha value is -3.22. The van der Waals surface area contributed by atoms with E-state index >= 15 is 0 Å². The van der Waals surface area contributed by atoms with Gasteiger partial charge in [-0.05, 0) is 24.3 Å². The molecule has 130 valence electrons. The number of carbonyl (C=O) groups excluding carboxylic acids is 2. The third-order valence-corrected chi connectivity index (χ3v) is 3.26. The van der Waals surface area contributed by atoms with E-state index in [0.717, 1.165) is 0 Å². The van der Waals surface area contributed by atoms with Gasteiger partial charge in [-0.25, -0.2) is 9.82 Å². The molecule has 0 unspecified atom stereocenters. The zero-order valence-electron chi connectivity index (χ0n) is 13.7. The summed E-state index contributed by atoms with van der Waals surface area (Å²) in [4.78, 5) is 23.4. The molecule has 6 nitrogen and oxygen atoms in total. The van der Waals surface area contributed by atoms with Crippen LogP contribution in [0.3, 0.4) is 0 Å². The number of ether oxygens (including phenoxy) is 1. The average molecular weight is 343 g/mol. The molecule has 0 aliphatic heterocycles. The second-order valence-corrected chi connectivity index (χ2v) is 5.06. The van der Waals surface area contributed by atoms with E-state index in [4.69, 9.17) is 4.74 Å². The van der Waals surface area contributed by atoms with E-state index in [9.17, 15) is 14.0 Å². The predicted molar refractivity (Wildman–Crippen MR) is 93.0 cm³/mol. The zero-order chi connectivity index (χ0) is 18.1. The van der Waals surface area contributed by atoms with Crippen molar-refractivity contribution >= 4 is 23.7 Å². The molecule has 2 rings (SSSR count). The van der Waals surface area contributed by atoms with Gasteiger partial charge in [0.2, 0.25) is 11.8 Å². The van der Waals surface area contributed by atoms with E-state index < -0.39 is 17.6 Å². The molecule has 0 bridgehead atoms. The van der Waals surface area contributed by atoms with Crippen LogP contribution in [-0.4, -0.2) is 25.1 Å². The Morgan fingerprint density at radius 3 is 2.52 bits per heavy atom. The van der Waals surface area contributed by atoms with Crippen molar-refractivity contribution in [3.8, 4) is 5.75 Å². The van der Waals surface area contributed by atoms with Crippen LogP contribution in [0.2, 0.25) is 0 Å². The van der Waals surface area contributed by atoms with Crippen LogP contribution in [0.25, 0.3) is 0 Å². The first-order chi connectivity index (χ1) is 12.1. The molecule has 0 spiro atoms. The summed E-state index contributed by atoms with van der Waals surface area (Å²) in [7, 11) is 1.54. The minimum atomic E-state index is -0.526. The number of amides is 2. The van der Waals surface area contributed by atoms with Crippen molar-refractivity contribution in [3.63, 3.8) is 0 Å². The Bertz CT molecular complexity index is 778. The molecule has 0 saturated heterocycles. The molecule has 0 radical (unpaired) electrons. The van der Waals surface area contributed by atoms with Gasteiger partial charge in [0.15, 0.2) is 0 Å². The molecular formula is C18H18FN3O3. The topological polar surface area (TPSA) is 79.8 Å². The monoisotopic (exact) mass is 343 g/mol. The fourth-order valence-corrected chi connectivity index (χ4v) is 2.01. The van der Waals surface area contributed by atoms with E-state index in [0.29, 0.717) is 11.3 Å². The van der Waals surface area contributed by atoms with Crippen LogP contribution in [0.4, 0.5) is 10.1 Å². The first kappa shape index (κ1) is 18.1. The van der Waals surface area contributed by atoms with Crippen LogP contribution < -0.4 is 15.5 Å². The van der Waals surface area contributed by atoms with Gasteiger partial charge in [-0.2, -0.15) is 5.10 Å². The summed E-state index contributed by atoms with van der Waals surface area (Å²) in [5.74, 6) is -0.768. The number of nitrogens with zero attached hydrogens (tertiary/aromatic N) is 1. The maximum atomic E-state index is 13.4. The number of para-hydroxylation sites is 2. The zero-order valence-corrected chi connectivity index (χ0v) is 13.7. The molecule has 0 aromatic heterocycles. The Kier molecular flexibility index (Phi) is 6.65. The number of anilines is 1. The van der Waals surface area contributed by atoms with Gasteiger partial charge in [0.05, 0.1) is 19.0 Å². The molecule has 2 amide bonds. The van der Waals surface area contributed by atoms with Gasteiger partial charge in [-0.1, -0.05) is 24.3 Å². The van der Waals surface area contributed by atoms with Crippen molar-refractivity contribution in [2.45, 2.75) is 12.8 Å². The molecule has 25 heavy (non-hydrogen) atoms. The summed E-state index contributed by atoms with van der Waals surface area (Å²) >= 11 is 0. The summed E-state index contributed by atoms with van der Waals surface area (Å²) < 4.78 is 18.6. The number of hydrazone groups is 1. The number of carbonyl (C=O) groups is 2. The molecular weight excluding hydrogens is 325 g/mol. The number of rotatable bonds is 7. The molecule has 0 atom stereocenters. The van der Waals surface area contributed by atoms with Crippen LogP contribution in [0.15, 0.2) is 53.6 Å². The predicted octanol–water partition coefficient (Wildman–Crippen LogP) is 2.70. The number of benzene rings is 2. The van der Waals surface area contributed by atoms with Gasteiger partial charge < -0.3 is 10.1 Å². The van der Waals surface area contributed by atoms with E-state index in [1.165, 1.54) is 24.4 Å². The third-order valence-electron chi connectivity index (χ3n) is 3.26. The number of hydrogen-bond acceptors (Lipinski definition) is 4. The van der Waals surface area contributed by atoms with E-state index in [1.54, 1.807) is 25.3 Å². The summed E-state index contributed by atoms with van der Waals surface area (Å²) in [5.41, 5.74) is 3.13. The van der Waals surface area contributed by atoms with E-state index in [1.807, 2.05) is 12.1 Å². The number of methoxy groups -OCH3 is 1. The summed E-state index contributed by atoms with van der Waals surface area (Å²) in [6.07, 6.45) is 1.31. The Labute approximate surface area is 144 Å². The van der Waals surface area contributed by atoms with Crippen molar-refractivity contribution in [2.24, 2.45) is 5.10 Å². The normalized spacial score (nSPS) is 10.5. The molecule has 0 heterocycles. The van der Waals surface area contributed by atoms with Crippen LogP contribution in [0.1, 0.15) is 18.4 Å². The number of hydrogen-bond donors (Lipinski definition) is 2. The highest BCUT2D eigenvalue weighted by Gasteiger charge is 2.09. The van der Waals surface area contributed by atoms with Gasteiger partial charge in [-0.15, -0.1) is 0 Å². The lowest BCUT2D eigenvalue weighted by Crippen LogP contribution is -2.21. The van der Waals surface area contributed by atoms with Crippen molar-refractivity contribution in [1.29, 1.82) is 0 Å². The van der Waals surface area contributed by atoms with Crippen LogP contribution >= 0.6 is 0 Å². The SMILES string of the molecule is COc1ccccc1C=NNC(=O)CCC(=O)Nc1ccccc1F. The Morgan fingerprint density at radius 2 is 1.76 bits per heavy atom. The smallest absolute Gasteiger partial charge is 0.240 e. The molecule has 2 aromatic rings. The van der Waals surface area contributed by atoms with Gasteiger partial charge in [0.1, 0.15) is 11.6 Å². The minimum absolute atomic E-state index is 0.0659. The second-order valence-electron chi connectivity index (χ2n) is 5.06. The Morgan fingerprint density at radius 1 is 1.08 bits per heavy atom. The molecule has 0 aliphatic carbocycles. The number of halogens is 1. The maximum Gasteiger partial charge on any atom is 0.240 e. The molecule has 2 N–H and O–H groups in total. The van der Waals surface area contributed by atoms with Gasteiger partial charge in [-0.3, -0.25) is 9.59 Å². The highest BCUT2D eigenvalue weighted by atomic mass is 19.1. The fraction of sp³-hybridized carbons (Fsp3) is 0.167. The standard InChI is InChI=1S/C18H18FN3O3/c1-25-16-9-5-2-6-13(16)12-20-22-18(24)11-10-17(23)21-15-8-4-3-7-14(15)19/h2-9,12H,10-11H2,1H3,(H,21,23)(H,22,24). The number of nitrogens with one attached hydrogen (secondary N) is 2. The Balaban J connectivity index is 1.78. The molecule has 0 saturated carbocycles.